The quantitative estimate of drug-likeness (QED) is 0.428. The molecule has 1 aromatic rings. The van der Waals surface area contributed by atoms with Crippen LogP contribution in [0.1, 0.15) is 13.8 Å². The molecule has 0 spiro atoms. The lowest BCUT2D eigenvalue weighted by Gasteiger charge is -2.15. The lowest BCUT2D eigenvalue weighted by atomic mass is 10.3. The van der Waals surface area contributed by atoms with E-state index in [4.69, 9.17) is 34.0 Å². The summed E-state index contributed by atoms with van der Waals surface area (Å²) in [5, 5.41) is 24.1. The standard InChI is InChI=1S/C11H15Cl2N5/c1-6(2)16-10(14)18-11(15)17-8-5-3-4-7(12)9(8)13/h3-6H,1-2H3,(H5,14,15,16,17,18). The zero-order valence-electron chi connectivity index (χ0n) is 10.1. The van der Waals surface area contributed by atoms with Crippen LogP contribution in [-0.4, -0.2) is 18.0 Å². The van der Waals surface area contributed by atoms with Gasteiger partial charge in [0.25, 0.3) is 0 Å². The summed E-state index contributed by atoms with van der Waals surface area (Å²) in [6.45, 7) is 3.81. The third kappa shape index (κ3) is 4.43. The maximum absolute atomic E-state index is 7.66. The topological polar surface area (TPSA) is 83.8 Å². The van der Waals surface area contributed by atoms with Crippen LogP contribution in [0.25, 0.3) is 0 Å². The number of nitrogens with one attached hydrogen (secondary N) is 5. The lowest BCUT2D eigenvalue weighted by Crippen LogP contribution is -2.45. The summed E-state index contributed by atoms with van der Waals surface area (Å²) in [5.41, 5.74) is 0.513. The van der Waals surface area contributed by atoms with Crippen molar-refractivity contribution >= 4 is 40.8 Å². The molecule has 0 aliphatic rings. The average Bonchev–Trinajstić information content (AvgIpc) is 2.23. The van der Waals surface area contributed by atoms with E-state index in [1.807, 2.05) is 13.8 Å². The molecule has 7 heteroatoms. The third-order valence-electron chi connectivity index (χ3n) is 1.89. The number of hydrogen-bond donors (Lipinski definition) is 5. The third-order valence-corrected chi connectivity index (χ3v) is 2.71. The predicted molar refractivity (Wildman–Crippen MR) is 76.9 cm³/mol. The van der Waals surface area contributed by atoms with Crippen LogP contribution in [0.4, 0.5) is 5.69 Å². The first-order valence-electron chi connectivity index (χ1n) is 5.32. The molecule has 0 heterocycles. The molecule has 0 aliphatic heterocycles. The smallest absolute Gasteiger partial charge is 0.199 e. The van der Waals surface area contributed by atoms with Crippen molar-refractivity contribution in [3.8, 4) is 0 Å². The van der Waals surface area contributed by atoms with Crippen LogP contribution in [0.15, 0.2) is 18.2 Å². The van der Waals surface area contributed by atoms with Gasteiger partial charge in [-0.15, -0.1) is 0 Å². The summed E-state index contributed by atoms with van der Waals surface area (Å²) < 4.78 is 0. The van der Waals surface area contributed by atoms with Gasteiger partial charge < -0.3 is 10.6 Å². The van der Waals surface area contributed by atoms with E-state index >= 15 is 0 Å². The summed E-state index contributed by atoms with van der Waals surface area (Å²) in [7, 11) is 0. The van der Waals surface area contributed by atoms with Crippen molar-refractivity contribution in [3.63, 3.8) is 0 Å². The van der Waals surface area contributed by atoms with Crippen LogP contribution in [-0.2, 0) is 0 Å². The average molecular weight is 288 g/mol. The van der Waals surface area contributed by atoms with E-state index in [1.54, 1.807) is 18.2 Å². The minimum absolute atomic E-state index is 0.0423. The molecule has 98 valence electrons. The Bertz CT molecular complexity index is 459. The zero-order valence-corrected chi connectivity index (χ0v) is 11.6. The molecule has 0 aliphatic carbocycles. The Labute approximate surface area is 116 Å². The Morgan fingerprint density at radius 2 is 1.83 bits per heavy atom. The van der Waals surface area contributed by atoms with Crippen molar-refractivity contribution in [2.75, 3.05) is 5.32 Å². The Hall–Kier alpha value is -1.46. The molecule has 0 unspecified atom stereocenters. The Balaban J connectivity index is 2.60. The fourth-order valence-electron chi connectivity index (χ4n) is 1.22. The molecule has 5 N–H and O–H groups in total. The van der Waals surface area contributed by atoms with Crippen molar-refractivity contribution in [2.45, 2.75) is 19.9 Å². The molecule has 0 radical (unpaired) electrons. The monoisotopic (exact) mass is 287 g/mol. The van der Waals surface area contributed by atoms with Gasteiger partial charge in [0, 0.05) is 6.04 Å². The summed E-state index contributed by atoms with van der Waals surface area (Å²) in [5.74, 6) is -0.0158. The van der Waals surface area contributed by atoms with E-state index in [0.717, 1.165) is 0 Å². The van der Waals surface area contributed by atoms with Gasteiger partial charge >= 0.3 is 0 Å². The van der Waals surface area contributed by atoms with E-state index in [9.17, 15) is 0 Å². The number of rotatable bonds is 2. The first-order valence-corrected chi connectivity index (χ1v) is 6.07. The summed E-state index contributed by atoms with van der Waals surface area (Å²) in [6.07, 6.45) is 0. The molecule has 0 aromatic heterocycles. The van der Waals surface area contributed by atoms with Gasteiger partial charge in [-0.3, -0.25) is 16.1 Å². The van der Waals surface area contributed by atoms with Crippen LogP contribution in [0.2, 0.25) is 10.0 Å². The lowest BCUT2D eigenvalue weighted by molar-refractivity contribution is 0.718. The van der Waals surface area contributed by atoms with Crippen LogP contribution in [0.3, 0.4) is 0 Å². The summed E-state index contributed by atoms with van der Waals surface area (Å²) in [4.78, 5) is 0. The fourth-order valence-corrected chi connectivity index (χ4v) is 1.56. The van der Waals surface area contributed by atoms with Gasteiger partial charge in [0.1, 0.15) is 0 Å². The van der Waals surface area contributed by atoms with Gasteiger partial charge in [-0.25, -0.2) is 0 Å². The molecule has 1 rings (SSSR count). The molecule has 0 amide bonds. The molecule has 0 atom stereocenters. The van der Waals surface area contributed by atoms with Gasteiger partial charge in [0.05, 0.1) is 15.7 Å². The molecule has 1 aromatic carbocycles. The molecule has 18 heavy (non-hydrogen) atoms. The van der Waals surface area contributed by atoms with E-state index < -0.39 is 0 Å². The highest BCUT2D eigenvalue weighted by atomic mass is 35.5. The number of guanidine groups is 2. The molecule has 0 saturated carbocycles. The van der Waals surface area contributed by atoms with Crippen LogP contribution in [0, 0.1) is 10.8 Å². The number of halogens is 2. The molecular formula is C11H15Cl2N5. The Morgan fingerprint density at radius 1 is 1.17 bits per heavy atom. The molecule has 0 saturated heterocycles. The number of benzene rings is 1. The highest BCUT2D eigenvalue weighted by Gasteiger charge is 2.07. The maximum Gasteiger partial charge on any atom is 0.199 e. The first kappa shape index (κ1) is 14.6. The normalized spacial score (nSPS) is 10.1. The molecule has 0 fully saturated rings. The highest BCUT2D eigenvalue weighted by Crippen LogP contribution is 2.29. The van der Waals surface area contributed by atoms with E-state index in [1.165, 1.54) is 0 Å². The predicted octanol–water partition coefficient (Wildman–Crippen LogP) is 2.86. The van der Waals surface area contributed by atoms with Gasteiger partial charge in [-0.05, 0) is 26.0 Å². The molecule has 5 nitrogen and oxygen atoms in total. The minimum atomic E-state index is -0.0580. The van der Waals surface area contributed by atoms with Gasteiger partial charge in [0.2, 0.25) is 0 Å². The van der Waals surface area contributed by atoms with Crippen LogP contribution < -0.4 is 16.0 Å². The van der Waals surface area contributed by atoms with E-state index in [0.29, 0.717) is 15.7 Å². The van der Waals surface area contributed by atoms with Gasteiger partial charge in [-0.2, -0.15) is 0 Å². The van der Waals surface area contributed by atoms with Crippen molar-refractivity contribution in [1.29, 1.82) is 10.8 Å². The second-order valence-corrected chi connectivity index (χ2v) is 4.69. The second kappa shape index (κ2) is 6.47. The molecule has 0 bridgehead atoms. The highest BCUT2D eigenvalue weighted by molar-refractivity contribution is 6.44. The number of hydrogen-bond acceptors (Lipinski definition) is 2. The summed E-state index contributed by atoms with van der Waals surface area (Å²) in [6, 6.07) is 5.20. The minimum Gasteiger partial charge on any atom is -0.354 e. The van der Waals surface area contributed by atoms with Crippen molar-refractivity contribution in [3.05, 3.63) is 28.2 Å². The number of anilines is 1. The zero-order chi connectivity index (χ0) is 13.7. The van der Waals surface area contributed by atoms with Crippen molar-refractivity contribution in [1.82, 2.24) is 10.6 Å². The fraction of sp³-hybridized carbons (Fsp3) is 0.273. The van der Waals surface area contributed by atoms with Crippen molar-refractivity contribution in [2.24, 2.45) is 0 Å². The van der Waals surface area contributed by atoms with E-state index in [-0.39, 0.29) is 18.0 Å². The van der Waals surface area contributed by atoms with E-state index in [2.05, 4.69) is 16.0 Å². The second-order valence-electron chi connectivity index (χ2n) is 3.90. The SMILES string of the molecule is CC(C)NC(=N)NC(=N)Nc1cccc(Cl)c1Cl. The maximum atomic E-state index is 7.66. The van der Waals surface area contributed by atoms with Crippen LogP contribution in [0.5, 0.6) is 0 Å². The first-order chi connectivity index (χ1) is 8.40. The van der Waals surface area contributed by atoms with Crippen molar-refractivity contribution < 1.29 is 0 Å². The molecular weight excluding hydrogens is 273 g/mol. The van der Waals surface area contributed by atoms with Gasteiger partial charge in [0.15, 0.2) is 11.9 Å². The largest absolute Gasteiger partial charge is 0.354 e. The van der Waals surface area contributed by atoms with Gasteiger partial charge in [-0.1, -0.05) is 29.3 Å². The van der Waals surface area contributed by atoms with Crippen LogP contribution >= 0.6 is 23.2 Å². The Morgan fingerprint density at radius 3 is 2.44 bits per heavy atom. The summed E-state index contributed by atoms with van der Waals surface area (Å²) >= 11 is 11.8. The Kier molecular flexibility index (Phi) is 5.25.